The zero-order chi connectivity index (χ0) is 7.86. The van der Waals surface area contributed by atoms with E-state index < -0.39 is 0 Å². The molecule has 0 saturated carbocycles. The van der Waals surface area contributed by atoms with Gasteiger partial charge in [0, 0.05) is 5.70 Å². The van der Waals surface area contributed by atoms with E-state index in [9.17, 15) is 0 Å². The van der Waals surface area contributed by atoms with E-state index >= 15 is 0 Å². The van der Waals surface area contributed by atoms with Crippen molar-refractivity contribution in [1.82, 2.24) is 0 Å². The third-order valence-corrected chi connectivity index (χ3v) is 0.474. The van der Waals surface area contributed by atoms with E-state index in [1.54, 1.807) is 0 Å². The molecular weight excluding hydrogens is 110 g/mol. The van der Waals surface area contributed by atoms with Gasteiger partial charge in [0.25, 0.3) is 0 Å². The number of nitrogens with two attached hydrogens (primary N) is 1. The summed E-state index contributed by atoms with van der Waals surface area (Å²) in [6.07, 6.45) is 1.83. The van der Waals surface area contributed by atoms with Gasteiger partial charge in [0.05, 0.1) is 0 Å². The second kappa shape index (κ2) is 7.28. The Hall–Kier alpha value is -0.720. The monoisotopic (exact) mass is 127 g/mol. The molecule has 0 aromatic carbocycles. The van der Waals surface area contributed by atoms with Crippen LogP contribution in [0, 0.1) is 0 Å². The summed E-state index contributed by atoms with van der Waals surface area (Å²) in [6.45, 7) is 11.4. The molecule has 0 radical (unpaired) electrons. The van der Waals surface area contributed by atoms with Gasteiger partial charge in [-0.25, -0.2) is 0 Å². The Balaban J connectivity index is 0. The Morgan fingerprint density at radius 2 is 1.67 bits per heavy atom. The minimum atomic E-state index is 0.813. The summed E-state index contributed by atoms with van der Waals surface area (Å²) in [5.41, 5.74) is 7.11. The highest BCUT2D eigenvalue weighted by Gasteiger charge is 1.74. The van der Waals surface area contributed by atoms with Gasteiger partial charge in [-0.15, -0.1) is 0 Å². The zero-order valence-corrected chi connectivity index (χ0v) is 6.86. The first kappa shape index (κ1) is 11.1. The first-order valence-electron chi connectivity index (χ1n) is 3.22. The van der Waals surface area contributed by atoms with E-state index in [-0.39, 0.29) is 0 Å². The maximum Gasteiger partial charge on any atom is 0.00513 e. The topological polar surface area (TPSA) is 26.0 Å². The average Bonchev–Trinajstić information content (AvgIpc) is 1.68. The second-order valence-corrected chi connectivity index (χ2v) is 1.73. The molecule has 0 aromatic heterocycles. The molecular formula is C8H17N. The van der Waals surface area contributed by atoms with Crippen molar-refractivity contribution < 1.29 is 0 Å². The highest BCUT2D eigenvalue weighted by Crippen LogP contribution is 1.90. The summed E-state index contributed by atoms with van der Waals surface area (Å²) in [4.78, 5) is 0. The van der Waals surface area contributed by atoms with Crippen LogP contribution in [-0.2, 0) is 0 Å². The van der Waals surface area contributed by atoms with Crippen LogP contribution in [0.1, 0.15) is 27.7 Å². The molecule has 0 aliphatic carbocycles. The van der Waals surface area contributed by atoms with Gasteiger partial charge in [-0.1, -0.05) is 26.0 Å². The molecule has 0 aromatic rings. The fourth-order valence-electron chi connectivity index (χ4n) is 0.389. The number of hydrogen-bond donors (Lipinski definition) is 1. The normalized spacial score (nSPS) is 9.56. The summed E-state index contributed by atoms with van der Waals surface area (Å²) in [7, 11) is 0. The van der Waals surface area contributed by atoms with E-state index in [1.165, 1.54) is 0 Å². The zero-order valence-electron chi connectivity index (χ0n) is 6.86. The van der Waals surface area contributed by atoms with Gasteiger partial charge in [-0.05, 0) is 19.9 Å². The van der Waals surface area contributed by atoms with Crippen molar-refractivity contribution >= 4 is 0 Å². The maximum atomic E-state index is 5.29. The predicted octanol–water partition coefficient (Wildman–Crippen LogP) is 2.45. The lowest BCUT2D eigenvalue weighted by Gasteiger charge is -1.86. The van der Waals surface area contributed by atoms with Crippen LogP contribution in [0.15, 0.2) is 23.9 Å². The molecule has 0 aliphatic rings. The van der Waals surface area contributed by atoms with Gasteiger partial charge >= 0.3 is 0 Å². The first-order chi connectivity index (χ1) is 4.13. The first-order valence-corrected chi connectivity index (χ1v) is 3.22. The molecule has 0 saturated heterocycles. The fraction of sp³-hybridized carbons (Fsp3) is 0.500. The largest absolute Gasteiger partial charge is 0.402 e. The Labute approximate surface area is 58.3 Å². The molecule has 2 N–H and O–H groups in total. The molecule has 1 heteroatoms. The SMILES string of the molecule is C=C(C)/C=C(\C)N.CC. The van der Waals surface area contributed by atoms with Crippen molar-refractivity contribution in [2.45, 2.75) is 27.7 Å². The van der Waals surface area contributed by atoms with Crippen molar-refractivity contribution in [3.05, 3.63) is 23.9 Å². The van der Waals surface area contributed by atoms with Crippen molar-refractivity contribution in [3.8, 4) is 0 Å². The van der Waals surface area contributed by atoms with Gasteiger partial charge in [0.2, 0.25) is 0 Å². The molecule has 0 atom stereocenters. The molecule has 1 nitrogen and oxygen atoms in total. The fourth-order valence-corrected chi connectivity index (χ4v) is 0.389. The van der Waals surface area contributed by atoms with Crippen LogP contribution in [0.2, 0.25) is 0 Å². The summed E-state index contributed by atoms with van der Waals surface area (Å²) in [5.74, 6) is 0. The van der Waals surface area contributed by atoms with Gasteiger partial charge in [0.15, 0.2) is 0 Å². The molecule has 54 valence electrons. The van der Waals surface area contributed by atoms with Crippen LogP contribution >= 0.6 is 0 Å². The molecule has 0 fully saturated rings. The molecule has 0 spiro atoms. The number of allylic oxidation sites excluding steroid dienone is 3. The van der Waals surface area contributed by atoms with Crippen molar-refractivity contribution in [2.24, 2.45) is 5.73 Å². The Morgan fingerprint density at radius 3 is 1.67 bits per heavy atom. The third-order valence-electron chi connectivity index (χ3n) is 0.474. The highest BCUT2D eigenvalue weighted by molar-refractivity contribution is 5.14. The molecule has 0 bridgehead atoms. The Morgan fingerprint density at radius 1 is 1.33 bits per heavy atom. The quantitative estimate of drug-likeness (QED) is 0.538. The molecule has 0 amide bonds. The maximum absolute atomic E-state index is 5.29. The molecule has 0 heterocycles. The summed E-state index contributed by atoms with van der Waals surface area (Å²) < 4.78 is 0. The molecule has 0 unspecified atom stereocenters. The minimum absolute atomic E-state index is 0.813. The van der Waals surface area contributed by atoms with Gasteiger partial charge < -0.3 is 5.73 Å². The standard InChI is InChI=1S/C6H11N.C2H6/c1-5(2)4-6(3)7;1-2/h4H,1,7H2,2-3H3;1-2H3/b6-4+;. The predicted molar refractivity (Wildman–Crippen MR) is 44.1 cm³/mol. The van der Waals surface area contributed by atoms with Crippen molar-refractivity contribution in [2.75, 3.05) is 0 Å². The second-order valence-electron chi connectivity index (χ2n) is 1.73. The number of rotatable bonds is 1. The van der Waals surface area contributed by atoms with E-state index in [1.807, 2.05) is 33.8 Å². The van der Waals surface area contributed by atoms with Gasteiger partial charge in [0.1, 0.15) is 0 Å². The lowest BCUT2D eigenvalue weighted by molar-refractivity contribution is 1.29. The minimum Gasteiger partial charge on any atom is -0.402 e. The summed E-state index contributed by atoms with van der Waals surface area (Å²) in [5, 5.41) is 0. The van der Waals surface area contributed by atoms with E-state index in [0.29, 0.717) is 0 Å². The van der Waals surface area contributed by atoms with Gasteiger partial charge in [-0.3, -0.25) is 0 Å². The van der Waals surface area contributed by atoms with E-state index in [4.69, 9.17) is 5.73 Å². The van der Waals surface area contributed by atoms with Crippen molar-refractivity contribution in [1.29, 1.82) is 0 Å². The lowest BCUT2D eigenvalue weighted by Crippen LogP contribution is -1.88. The van der Waals surface area contributed by atoms with Crippen molar-refractivity contribution in [3.63, 3.8) is 0 Å². The third kappa shape index (κ3) is 18.9. The Kier molecular flexibility index (Phi) is 9.00. The van der Waals surface area contributed by atoms with Crippen LogP contribution in [0.25, 0.3) is 0 Å². The average molecular weight is 127 g/mol. The van der Waals surface area contributed by atoms with Crippen LogP contribution < -0.4 is 5.73 Å². The highest BCUT2D eigenvalue weighted by atomic mass is 14.5. The van der Waals surface area contributed by atoms with Gasteiger partial charge in [-0.2, -0.15) is 0 Å². The van der Waals surface area contributed by atoms with E-state index in [0.717, 1.165) is 11.3 Å². The lowest BCUT2D eigenvalue weighted by atomic mass is 10.3. The Bertz CT molecular complexity index is 97.1. The molecule has 0 rings (SSSR count). The smallest absolute Gasteiger partial charge is 0.00513 e. The molecule has 0 aliphatic heterocycles. The summed E-state index contributed by atoms with van der Waals surface area (Å²) >= 11 is 0. The van der Waals surface area contributed by atoms with E-state index in [2.05, 4.69) is 6.58 Å². The molecule has 9 heavy (non-hydrogen) atoms. The van der Waals surface area contributed by atoms with Crippen LogP contribution in [-0.4, -0.2) is 0 Å². The summed E-state index contributed by atoms with van der Waals surface area (Å²) in [6, 6.07) is 0. The van der Waals surface area contributed by atoms with Crippen LogP contribution in [0.4, 0.5) is 0 Å². The van der Waals surface area contributed by atoms with Crippen LogP contribution in [0.5, 0.6) is 0 Å². The van der Waals surface area contributed by atoms with Crippen LogP contribution in [0.3, 0.4) is 0 Å². The number of hydrogen-bond acceptors (Lipinski definition) is 1.